The summed E-state index contributed by atoms with van der Waals surface area (Å²) in [6.07, 6.45) is 4.38. The number of benzene rings is 1. The van der Waals surface area contributed by atoms with Crippen molar-refractivity contribution in [3.8, 4) is 5.75 Å². The number of ether oxygens (including phenoxy) is 3. The summed E-state index contributed by atoms with van der Waals surface area (Å²) in [5.74, 6) is 1.27. The highest BCUT2D eigenvalue weighted by Crippen LogP contribution is 2.29. The van der Waals surface area contributed by atoms with Gasteiger partial charge in [-0.1, -0.05) is 25.4 Å². The molecule has 2 atom stereocenters. The monoisotopic (exact) mass is 538 g/mol. The van der Waals surface area contributed by atoms with Gasteiger partial charge in [0.2, 0.25) is 0 Å². The zero-order valence-electron chi connectivity index (χ0n) is 22.6. The fourth-order valence-corrected chi connectivity index (χ4v) is 5.28. The fourth-order valence-electron chi connectivity index (χ4n) is 5.12. The maximum absolute atomic E-state index is 13.0. The van der Waals surface area contributed by atoms with Crippen molar-refractivity contribution in [2.24, 2.45) is 11.8 Å². The molecule has 0 radical (unpaired) electrons. The summed E-state index contributed by atoms with van der Waals surface area (Å²) in [5, 5.41) is 3.41. The number of nitrogens with zero attached hydrogens (tertiary/aromatic N) is 2. The molecule has 1 aromatic carbocycles. The molecule has 2 aliphatic heterocycles. The number of anilines is 1. The first-order valence-corrected chi connectivity index (χ1v) is 13.7. The third kappa shape index (κ3) is 8.38. The average Bonchev–Trinajstić information content (AvgIpc) is 2.88. The van der Waals surface area contributed by atoms with Crippen molar-refractivity contribution in [1.29, 1.82) is 0 Å². The van der Waals surface area contributed by atoms with Crippen LogP contribution in [0.3, 0.4) is 0 Å². The Hall–Kier alpha value is -2.23. The number of halogens is 1. The first kappa shape index (κ1) is 29.3. The summed E-state index contributed by atoms with van der Waals surface area (Å²) >= 11 is 6.14. The number of carbonyl (C=O) groups excluding carboxylic acids is 2. The van der Waals surface area contributed by atoms with Crippen LogP contribution in [-0.4, -0.2) is 87.5 Å². The Labute approximate surface area is 225 Å². The van der Waals surface area contributed by atoms with Gasteiger partial charge in [-0.25, -0.2) is 4.79 Å². The number of rotatable bonds is 10. The van der Waals surface area contributed by atoms with Crippen LogP contribution in [-0.2, 0) is 9.47 Å². The Bertz CT molecular complexity index is 907. The molecule has 0 aliphatic carbocycles. The Balaban J connectivity index is 1.44. The van der Waals surface area contributed by atoms with Crippen LogP contribution in [0, 0.1) is 11.8 Å². The van der Waals surface area contributed by atoms with Crippen molar-refractivity contribution >= 4 is 29.3 Å². The van der Waals surface area contributed by atoms with Crippen LogP contribution in [0.25, 0.3) is 0 Å². The first-order chi connectivity index (χ1) is 17.7. The number of piperidine rings is 2. The minimum atomic E-state index is -0.261. The molecule has 9 nitrogen and oxygen atoms in total. The summed E-state index contributed by atoms with van der Waals surface area (Å²) in [6, 6.07) is 2.98. The number of carbonyl (C=O) groups is 2. The van der Waals surface area contributed by atoms with E-state index in [2.05, 4.69) is 24.1 Å². The second-order valence-corrected chi connectivity index (χ2v) is 11.0. The molecule has 0 saturated carbocycles. The highest BCUT2D eigenvalue weighted by atomic mass is 35.5. The predicted octanol–water partition coefficient (Wildman–Crippen LogP) is 4.03. The van der Waals surface area contributed by atoms with E-state index in [-0.39, 0.29) is 24.1 Å². The summed E-state index contributed by atoms with van der Waals surface area (Å²) < 4.78 is 16.5. The van der Waals surface area contributed by atoms with Gasteiger partial charge in [-0.2, -0.15) is 0 Å². The van der Waals surface area contributed by atoms with E-state index in [4.69, 9.17) is 31.5 Å². The van der Waals surface area contributed by atoms with Gasteiger partial charge in [-0.05, 0) is 50.0 Å². The summed E-state index contributed by atoms with van der Waals surface area (Å²) in [6.45, 7) is 8.88. The standard InChI is InChI=1S/C27H43ClN4O5/c1-18(2)6-5-13-37-27(34)32-11-7-19(8-12-32)16-31-10-9-23(25(17-31)36-4)30-26(33)20-14-21(28)22(29)15-24(20)35-3/h14-15,18-19,23,25H,5-13,16-17,29H2,1-4H3,(H,30,33)/t23-,25+/m0/s1. The minimum Gasteiger partial charge on any atom is -0.496 e. The van der Waals surface area contributed by atoms with Gasteiger partial charge in [0, 0.05) is 45.9 Å². The SMILES string of the molecule is COc1cc(N)c(Cl)cc1C(=O)N[C@H]1CCN(CC2CCN(C(=O)OCCCC(C)C)CC2)C[C@H]1OC. The van der Waals surface area contributed by atoms with Gasteiger partial charge >= 0.3 is 6.09 Å². The number of likely N-dealkylation sites (tertiary alicyclic amines) is 2. The van der Waals surface area contributed by atoms with Gasteiger partial charge in [0.1, 0.15) is 5.75 Å². The molecule has 1 aromatic rings. The molecule has 208 valence electrons. The maximum atomic E-state index is 13.0. The quantitative estimate of drug-likeness (QED) is 0.342. The Morgan fingerprint density at radius 1 is 1.16 bits per heavy atom. The second-order valence-electron chi connectivity index (χ2n) is 10.6. The van der Waals surface area contributed by atoms with Crippen molar-refractivity contribution in [2.45, 2.75) is 58.1 Å². The van der Waals surface area contributed by atoms with E-state index in [0.29, 0.717) is 40.5 Å². The van der Waals surface area contributed by atoms with Crippen LogP contribution in [0.2, 0.25) is 5.02 Å². The van der Waals surface area contributed by atoms with Crippen molar-refractivity contribution in [1.82, 2.24) is 15.1 Å². The normalized spacial score (nSPS) is 21.2. The molecule has 3 N–H and O–H groups in total. The molecule has 0 spiro atoms. The molecule has 0 bridgehead atoms. The van der Waals surface area contributed by atoms with Gasteiger partial charge in [0.25, 0.3) is 5.91 Å². The summed E-state index contributed by atoms with van der Waals surface area (Å²) in [4.78, 5) is 29.6. The summed E-state index contributed by atoms with van der Waals surface area (Å²) in [5.41, 5.74) is 6.56. The number of methoxy groups -OCH3 is 2. The lowest BCUT2D eigenvalue weighted by atomic mass is 9.94. The molecule has 10 heteroatoms. The number of nitrogens with two attached hydrogens (primary N) is 1. The van der Waals surface area contributed by atoms with Gasteiger partial charge < -0.3 is 35.1 Å². The van der Waals surface area contributed by atoms with Gasteiger partial charge in [0.15, 0.2) is 0 Å². The molecule has 2 amide bonds. The van der Waals surface area contributed by atoms with Crippen molar-refractivity contribution in [2.75, 3.05) is 59.3 Å². The van der Waals surface area contributed by atoms with E-state index in [1.54, 1.807) is 13.2 Å². The molecule has 0 aromatic heterocycles. The largest absolute Gasteiger partial charge is 0.496 e. The van der Waals surface area contributed by atoms with E-state index >= 15 is 0 Å². The van der Waals surface area contributed by atoms with Crippen molar-refractivity contribution in [3.63, 3.8) is 0 Å². The Morgan fingerprint density at radius 3 is 2.54 bits per heavy atom. The van der Waals surface area contributed by atoms with Crippen LogP contribution in [0.4, 0.5) is 10.5 Å². The smallest absolute Gasteiger partial charge is 0.409 e. The first-order valence-electron chi connectivity index (χ1n) is 13.3. The number of hydrogen-bond donors (Lipinski definition) is 2. The molecule has 2 heterocycles. The molecule has 2 fully saturated rings. The lowest BCUT2D eigenvalue weighted by Gasteiger charge is -2.40. The molecule has 0 unspecified atom stereocenters. The van der Waals surface area contributed by atoms with E-state index in [1.807, 2.05) is 4.90 Å². The lowest BCUT2D eigenvalue weighted by Crippen LogP contribution is -2.55. The Kier molecular flexibility index (Phi) is 11.2. The topological polar surface area (TPSA) is 106 Å². The molecule has 37 heavy (non-hydrogen) atoms. The highest BCUT2D eigenvalue weighted by Gasteiger charge is 2.33. The molecule has 2 saturated heterocycles. The zero-order chi connectivity index (χ0) is 26.9. The molecule has 3 rings (SSSR count). The zero-order valence-corrected chi connectivity index (χ0v) is 23.4. The number of hydrogen-bond acceptors (Lipinski definition) is 7. The molecular weight excluding hydrogens is 496 g/mol. The average molecular weight is 539 g/mol. The van der Waals surface area contributed by atoms with Crippen LogP contribution >= 0.6 is 11.6 Å². The van der Waals surface area contributed by atoms with Crippen LogP contribution in [0.5, 0.6) is 5.75 Å². The Morgan fingerprint density at radius 2 is 1.89 bits per heavy atom. The molecular formula is C27H43ClN4O5. The van der Waals surface area contributed by atoms with Crippen molar-refractivity contribution < 1.29 is 23.8 Å². The lowest BCUT2D eigenvalue weighted by molar-refractivity contribution is -0.00144. The second kappa shape index (κ2) is 14.1. The number of nitrogens with one attached hydrogen (secondary N) is 1. The van der Waals surface area contributed by atoms with Gasteiger partial charge in [0.05, 0.1) is 42.1 Å². The number of nitrogen functional groups attached to an aromatic ring is 1. The molecule has 2 aliphatic rings. The fraction of sp³-hybridized carbons (Fsp3) is 0.704. The maximum Gasteiger partial charge on any atom is 0.409 e. The van der Waals surface area contributed by atoms with E-state index in [1.165, 1.54) is 13.2 Å². The van der Waals surface area contributed by atoms with Crippen LogP contribution < -0.4 is 15.8 Å². The minimum absolute atomic E-state index is 0.123. The third-order valence-electron chi connectivity index (χ3n) is 7.37. The van der Waals surface area contributed by atoms with E-state index < -0.39 is 0 Å². The number of amides is 2. The van der Waals surface area contributed by atoms with Crippen LogP contribution in [0.15, 0.2) is 12.1 Å². The third-order valence-corrected chi connectivity index (χ3v) is 7.69. The van der Waals surface area contributed by atoms with Gasteiger partial charge in [-0.15, -0.1) is 0 Å². The van der Waals surface area contributed by atoms with E-state index in [0.717, 1.165) is 64.8 Å². The highest BCUT2D eigenvalue weighted by molar-refractivity contribution is 6.33. The van der Waals surface area contributed by atoms with E-state index in [9.17, 15) is 9.59 Å². The van der Waals surface area contributed by atoms with Gasteiger partial charge in [-0.3, -0.25) is 4.79 Å². The van der Waals surface area contributed by atoms with Crippen LogP contribution in [0.1, 0.15) is 56.3 Å². The van der Waals surface area contributed by atoms with Crippen molar-refractivity contribution in [3.05, 3.63) is 22.7 Å². The predicted molar refractivity (Wildman–Crippen MR) is 145 cm³/mol. The summed E-state index contributed by atoms with van der Waals surface area (Å²) in [7, 11) is 3.18.